The molecule has 1 amide bonds. The Balaban J connectivity index is 2.53. The highest BCUT2D eigenvalue weighted by molar-refractivity contribution is 5.92. The zero-order chi connectivity index (χ0) is 14.3. The van der Waals surface area contributed by atoms with Crippen molar-refractivity contribution in [1.82, 2.24) is 20.2 Å². The van der Waals surface area contributed by atoms with E-state index in [1.165, 1.54) is 6.20 Å². The van der Waals surface area contributed by atoms with Gasteiger partial charge in [-0.3, -0.25) is 4.79 Å². The molecule has 1 unspecified atom stereocenters. The monoisotopic (exact) mass is 265 g/mol. The lowest BCUT2D eigenvalue weighted by Gasteiger charge is -2.17. The Bertz CT molecular complexity index is 391. The number of nitrogens with one attached hydrogen (secondary N) is 2. The van der Waals surface area contributed by atoms with E-state index in [2.05, 4.69) is 27.5 Å². The van der Waals surface area contributed by atoms with Crippen LogP contribution in [0.1, 0.15) is 30.8 Å². The lowest BCUT2D eigenvalue weighted by molar-refractivity contribution is 0.0929. The van der Waals surface area contributed by atoms with Gasteiger partial charge in [0, 0.05) is 19.1 Å². The van der Waals surface area contributed by atoms with E-state index >= 15 is 0 Å². The maximum atomic E-state index is 11.9. The zero-order valence-electron chi connectivity index (χ0n) is 12.1. The van der Waals surface area contributed by atoms with Crippen LogP contribution in [-0.4, -0.2) is 54.0 Å². The minimum atomic E-state index is -0.191. The Morgan fingerprint density at radius 2 is 2.11 bits per heavy atom. The number of rotatable bonds is 7. The average Bonchev–Trinajstić information content (AvgIpc) is 2.35. The van der Waals surface area contributed by atoms with E-state index in [9.17, 15) is 4.79 Å². The van der Waals surface area contributed by atoms with Crippen LogP contribution >= 0.6 is 0 Å². The standard InChI is InChI=1S/C13H23N5O/c1-5-6-14-12-8-15-11(7-16-12)13(19)17-10(2)9-18(3)4/h7-8,10H,5-6,9H2,1-4H3,(H,14,16)(H,17,19). The molecule has 106 valence electrons. The molecule has 0 saturated carbocycles. The molecule has 1 rings (SSSR count). The van der Waals surface area contributed by atoms with E-state index in [1.807, 2.05) is 25.9 Å². The van der Waals surface area contributed by atoms with Gasteiger partial charge in [-0.25, -0.2) is 9.97 Å². The van der Waals surface area contributed by atoms with E-state index < -0.39 is 0 Å². The average molecular weight is 265 g/mol. The van der Waals surface area contributed by atoms with Crippen LogP contribution in [0, 0.1) is 0 Å². The number of hydrogen-bond donors (Lipinski definition) is 2. The van der Waals surface area contributed by atoms with Gasteiger partial charge in [0.25, 0.3) is 5.91 Å². The van der Waals surface area contributed by atoms with Crippen molar-refractivity contribution in [3.05, 3.63) is 18.1 Å². The first kappa shape index (κ1) is 15.4. The van der Waals surface area contributed by atoms with Gasteiger partial charge in [0.05, 0.1) is 12.4 Å². The molecule has 19 heavy (non-hydrogen) atoms. The van der Waals surface area contributed by atoms with Crippen molar-refractivity contribution in [2.24, 2.45) is 0 Å². The molecular formula is C13H23N5O. The fourth-order valence-electron chi connectivity index (χ4n) is 1.68. The van der Waals surface area contributed by atoms with Crippen molar-refractivity contribution < 1.29 is 4.79 Å². The number of carbonyl (C=O) groups is 1. The molecule has 0 aliphatic rings. The Morgan fingerprint density at radius 3 is 2.63 bits per heavy atom. The molecular weight excluding hydrogens is 242 g/mol. The van der Waals surface area contributed by atoms with Gasteiger partial charge in [-0.15, -0.1) is 0 Å². The Labute approximate surface area is 114 Å². The largest absolute Gasteiger partial charge is 0.369 e. The summed E-state index contributed by atoms with van der Waals surface area (Å²) < 4.78 is 0. The van der Waals surface area contributed by atoms with Gasteiger partial charge in [0.2, 0.25) is 0 Å². The van der Waals surface area contributed by atoms with E-state index in [-0.39, 0.29) is 11.9 Å². The van der Waals surface area contributed by atoms with Crippen molar-refractivity contribution in [1.29, 1.82) is 0 Å². The number of nitrogens with zero attached hydrogens (tertiary/aromatic N) is 3. The van der Waals surface area contributed by atoms with E-state index in [0.29, 0.717) is 11.5 Å². The predicted octanol–water partition coefficient (Wildman–Crippen LogP) is 0.978. The van der Waals surface area contributed by atoms with Crippen molar-refractivity contribution in [3.8, 4) is 0 Å². The third-order valence-corrected chi connectivity index (χ3v) is 2.46. The third-order valence-electron chi connectivity index (χ3n) is 2.46. The summed E-state index contributed by atoms with van der Waals surface area (Å²) in [5.74, 6) is 0.503. The molecule has 0 saturated heterocycles. The Hall–Kier alpha value is -1.69. The second-order valence-corrected chi connectivity index (χ2v) is 4.85. The van der Waals surface area contributed by atoms with E-state index in [4.69, 9.17) is 0 Å². The highest BCUT2D eigenvalue weighted by atomic mass is 16.1. The van der Waals surface area contributed by atoms with E-state index in [1.54, 1.807) is 6.20 Å². The summed E-state index contributed by atoms with van der Waals surface area (Å²) in [6.07, 6.45) is 4.10. The molecule has 1 heterocycles. The maximum Gasteiger partial charge on any atom is 0.271 e. The predicted molar refractivity (Wildman–Crippen MR) is 76.3 cm³/mol. The van der Waals surface area contributed by atoms with Gasteiger partial charge >= 0.3 is 0 Å². The minimum Gasteiger partial charge on any atom is -0.369 e. The Kier molecular flexibility index (Phi) is 6.21. The summed E-state index contributed by atoms with van der Waals surface area (Å²) in [4.78, 5) is 22.2. The van der Waals surface area contributed by atoms with Crippen molar-refractivity contribution in [3.63, 3.8) is 0 Å². The molecule has 6 nitrogen and oxygen atoms in total. The number of amides is 1. The number of aromatic nitrogens is 2. The molecule has 0 aliphatic heterocycles. The SMILES string of the molecule is CCCNc1cnc(C(=O)NC(C)CN(C)C)cn1. The number of anilines is 1. The van der Waals surface area contributed by atoms with Crippen LogP contribution < -0.4 is 10.6 Å². The van der Waals surface area contributed by atoms with Crippen LogP contribution in [0.3, 0.4) is 0 Å². The van der Waals surface area contributed by atoms with Gasteiger partial charge in [0.1, 0.15) is 11.5 Å². The minimum absolute atomic E-state index is 0.0715. The van der Waals surface area contributed by atoms with Crippen LogP contribution in [0.4, 0.5) is 5.82 Å². The summed E-state index contributed by atoms with van der Waals surface area (Å²) >= 11 is 0. The second-order valence-electron chi connectivity index (χ2n) is 4.85. The van der Waals surface area contributed by atoms with Gasteiger partial charge in [-0.2, -0.15) is 0 Å². The number of hydrogen-bond acceptors (Lipinski definition) is 5. The molecule has 0 radical (unpaired) electrons. The number of carbonyl (C=O) groups excluding carboxylic acids is 1. The molecule has 0 spiro atoms. The van der Waals surface area contributed by atoms with Gasteiger partial charge < -0.3 is 15.5 Å². The molecule has 0 aliphatic carbocycles. The summed E-state index contributed by atoms with van der Waals surface area (Å²) in [7, 11) is 3.94. The van der Waals surface area contributed by atoms with Crippen molar-refractivity contribution in [2.45, 2.75) is 26.3 Å². The first-order valence-corrected chi connectivity index (χ1v) is 6.54. The first-order valence-electron chi connectivity index (χ1n) is 6.54. The Morgan fingerprint density at radius 1 is 1.37 bits per heavy atom. The fraction of sp³-hybridized carbons (Fsp3) is 0.615. The van der Waals surface area contributed by atoms with Crippen LogP contribution in [0.2, 0.25) is 0 Å². The molecule has 0 aromatic carbocycles. The summed E-state index contributed by atoms with van der Waals surface area (Å²) in [5.41, 5.74) is 0.340. The highest BCUT2D eigenvalue weighted by Crippen LogP contribution is 2.01. The lowest BCUT2D eigenvalue weighted by atomic mass is 10.3. The van der Waals surface area contributed by atoms with Crippen LogP contribution in [0.5, 0.6) is 0 Å². The van der Waals surface area contributed by atoms with Crippen LogP contribution in [0.15, 0.2) is 12.4 Å². The molecule has 6 heteroatoms. The molecule has 2 N–H and O–H groups in total. The van der Waals surface area contributed by atoms with E-state index in [0.717, 1.165) is 19.5 Å². The molecule has 1 atom stereocenters. The van der Waals surface area contributed by atoms with Crippen LogP contribution in [0.25, 0.3) is 0 Å². The molecule has 0 bridgehead atoms. The summed E-state index contributed by atoms with van der Waals surface area (Å²) in [5, 5.41) is 6.00. The molecule has 1 aromatic rings. The van der Waals surface area contributed by atoms with Crippen LogP contribution in [-0.2, 0) is 0 Å². The molecule has 0 fully saturated rings. The lowest BCUT2D eigenvalue weighted by Crippen LogP contribution is -2.39. The third kappa shape index (κ3) is 5.65. The smallest absolute Gasteiger partial charge is 0.271 e. The second kappa shape index (κ2) is 7.68. The topological polar surface area (TPSA) is 70.2 Å². The summed E-state index contributed by atoms with van der Waals surface area (Å²) in [6, 6.07) is 0.0715. The van der Waals surface area contributed by atoms with Crippen molar-refractivity contribution in [2.75, 3.05) is 32.5 Å². The van der Waals surface area contributed by atoms with Gasteiger partial charge in [-0.05, 0) is 27.4 Å². The normalized spacial score (nSPS) is 12.3. The molecule has 1 aromatic heterocycles. The first-order chi connectivity index (χ1) is 9.02. The van der Waals surface area contributed by atoms with Gasteiger partial charge in [-0.1, -0.05) is 6.92 Å². The number of likely N-dealkylation sites (N-methyl/N-ethyl adjacent to an activating group) is 1. The quantitative estimate of drug-likeness (QED) is 0.769. The maximum absolute atomic E-state index is 11.9. The zero-order valence-corrected chi connectivity index (χ0v) is 12.1. The summed E-state index contributed by atoms with van der Waals surface area (Å²) in [6.45, 7) is 5.67. The highest BCUT2D eigenvalue weighted by Gasteiger charge is 2.11. The van der Waals surface area contributed by atoms with Crippen molar-refractivity contribution >= 4 is 11.7 Å². The van der Waals surface area contributed by atoms with Gasteiger partial charge in [0.15, 0.2) is 0 Å². The fourth-order valence-corrected chi connectivity index (χ4v) is 1.68.